The number of halogens is 3. The van der Waals surface area contributed by atoms with Crippen LogP contribution in [0.1, 0.15) is 0 Å². The first-order valence-corrected chi connectivity index (χ1v) is 5.04. The third kappa shape index (κ3) is 3.50. The summed E-state index contributed by atoms with van der Waals surface area (Å²) in [4.78, 5) is 0.828. The molecular weight excluding hydrogens is 208 g/mol. The van der Waals surface area contributed by atoms with E-state index in [9.17, 15) is 12.9 Å². The lowest BCUT2D eigenvalue weighted by Gasteiger charge is -2.16. The molecule has 0 atom stereocenters. The van der Waals surface area contributed by atoms with E-state index in [1.54, 1.807) is 24.3 Å². The van der Waals surface area contributed by atoms with E-state index in [4.69, 9.17) is 0 Å². The molecule has 5 heteroatoms. The fourth-order valence-corrected chi connectivity index (χ4v) is 1.68. The van der Waals surface area contributed by atoms with Crippen molar-refractivity contribution >= 4 is 18.7 Å². The predicted octanol–water partition coefficient (Wildman–Crippen LogP) is 3.72. The standard InChI is InChI=1S/C9H9BF3S/c1-8(10(11,12)13)7-14-9-5-3-2-4-6-9/h2-6H,1,7H2/q-1. The van der Waals surface area contributed by atoms with E-state index in [0.717, 1.165) is 16.7 Å². The summed E-state index contributed by atoms with van der Waals surface area (Å²) in [5, 5.41) is 0. The largest absolute Gasteiger partial charge is 0.505 e. The average Bonchev–Trinajstić information content (AvgIpc) is 2.14. The van der Waals surface area contributed by atoms with Gasteiger partial charge in [-0.15, -0.1) is 23.8 Å². The fourth-order valence-electron chi connectivity index (χ4n) is 0.787. The topological polar surface area (TPSA) is 0 Å². The van der Waals surface area contributed by atoms with Crippen molar-refractivity contribution in [2.75, 3.05) is 5.75 Å². The zero-order chi connectivity index (χ0) is 10.6. The molecule has 0 aromatic heterocycles. The first-order valence-electron chi connectivity index (χ1n) is 4.05. The van der Waals surface area contributed by atoms with Crippen molar-refractivity contribution in [1.29, 1.82) is 0 Å². The second-order valence-electron chi connectivity index (χ2n) is 2.83. The molecule has 0 radical (unpaired) electrons. The molecule has 76 valence electrons. The monoisotopic (exact) mass is 217 g/mol. The smallest absolute Gasteiger partial charge is 0.445 e. The van der Waals surface area contributed by atoms with E-state index in [1.165, 1.54) is 0 Å². The van der Waals surface area contributed by atoms with Gasteiger partial charge in [0, 0.05) is 4.90 Å². The number of rotatable bonds is 4. The second kappa shape index (κ2) is 4.60. The maximum absolute atomic E-state index is 12.1. The molecule has 1 rings (SSSR count). The summed E-state index contributed by atoms with van der Waals surface area (Å²) < 4.78 is 36.3. The van der Waals surface area contributed by atoms with Crippen LogP contribution in [0.3, 0.4) is 0 Å². The number of hydrogen-bond acceptors (Lipinski definition) is 1. The van der Waals surface area contributed by atoms with Crippen LogP contribution in [0.4, 0.5) is 12.9 Å². The van der Waals surface area contributed by atoms with Crippen LogP contribution in [0.25, 0.3) is 0 Å². The third-order valence-electron chi connectivity index (χ3n) is 1.63. The Morgan fingerprint density at radius 2 is 1.79 bits per heavy atom. The van der Waals surface area contributed by atoms with Crippen LogP contribution in [0.15, 0.2) is 47.3 Å². The second-order valence-corrected chi connectivity index (χ2v) is 3.88. The summed E-state index contributed by atoms with van der Waals surface area (Å²) in [6.07, 6.45) is 0. The molecule has 0 amide bonds. The highest BCUT2D eigenvalue weighted by atomic mass is 32.2. The van der Waals surface area contributed by atoms with Crippen molar-refractivity contribution in [3.63, 3.8) is 0 Å². The molecule has 0 heterocycles. The van der Waals surface area contributed by atoms with Gasteiger partial charge in [-0.05, 0) is 17.9 Å². The Hall–Kier alpha value is -0.835. The highest BCUT2D eigenvalue weighted by molar-refractivity contribution is 7.99. The van der Waals surface area contributed by atoms with E-state index >= 15 is 0 Å². The molecule has 0 spiro atoms. The van der Waals surface area contributed by atoms with Gasteiger partial charge in [-0.3, -0.25) is 0 Å². The number of thioether (sulfide) groups is 1. The van der Waals surface area contributed by atoms with Gasteiger partial charge in [-0.25, -0.2) is 0 Å². The first-order chi connectivity index (χ1) is 6.50. The van der Waals surface area contributed by atoms with Crippen molar-refractivity contribution < 1.29 is 12.9 Å². The minimum atomic E-state index is -4.89. The average molecular weight is 217 g/mol. The summed E-state index contributed by atoms with van der Waals surface area (Å²) >= 11 is 1.15. The summed E-state index contributed by atoms with van der Waals surface area (Å²) in [6.45, 7) is -1.86. The van der Waals surface area contributed by atoms with Crippen LogP contribution in [0.2, 0.25) is 0 Å². The van der Waals surface area contributed by atoms with Crippen LogP contribution in [0.5, 0.6) is 0 Å². The molecular formula is C9H9BF3S-. The van der Waals surface area contributed by atoms with Gasteiger partial charge in [0.05, 0.1) is 0 Å². The zero-order valence-electron chi connectivity index (χ0n) is 7.42. The molecule has 0 N–H and O–H groups in total. The molecule has 0 aliphatic carbocycles. The van der Waals surface area contributed by atoms with Crippen LogP contribution in [-0.4, -0.2) is 12.7 Å². The van der Waals surface area contributed by atoms with Gasteiger partial charge < -0.3 is 12.9 Å². The van der Waals surface area contributed by atoms with Crippen molar-refractivity contribution in [3.8, 4) is 0 Å². The van der Waals surface area contributed by atoms with E-state index in [2.05, 4.69) is 6.58 Å². The molecule has 1 aromatic rings. The van der Waals surface area contributed by atoms with Gasteiger partial charge >= 0.3 is 6.98 Å². The Balaban J connectivity index is 2.46. The van der Waals surface area contributed by atoms with Gasteiger partial charge in [0.25, 0.3) is 0 Å². The predicted molar refractivity (Wildman–Crippen MR) is 55.4 cm³/mol. The minimum absolute atomic E-state index is 0.0898. The molecule has 14 heavy (non-hydrogen) atoms. The van der Waals surface area contributed by atoms with Crippen molar-refractivity contribution in [2.45, 2.75) is 4.90 Å². The Morgan fingerprint density at radius 1 is 1.21 bits per heavy atom. The van der Waals surface area contributed by atoms with Crippen LogP contribution >= 0.6 is 11.8 Å². The van der Waals surface area contributed by atoms with Gasteiger partial charge in [0.2, 0.25) is 0 Å². The normalized spacial score (nSPS) is 11.4. The van der Waals surface area contributed by atoms with Crippen molar-refractivity contribution in [3.05, 3.63) is 42.4 Å². The fraction of sp³-hybridized carbons (Fsp3) is 0.111. The highest BCUT2D eigenvalue weighted by Gasteiger charge is 2.26. The Bertz CT molecular complexity index is 308. The zero-order valence-corrected chi connectivity index (χ0v) is 8.24. The summed E-state index contributed by atoms with van der Waals surface area (Å²) in [7, 11) is 0. The molecule has 0 bridgehead atoms. The number of hydrogen-bond donors (Lipinski definition) is 0. The van der Waals surface area contributed by atoms with E-state index in [1.807, 2.05) is 6.07 Å². The number of benzene rings is 1. The van der Waals surface area contributed by atoms with Gasteiger partial charge in [-0.2, -0.15) is 0 Å². The molecule has 0 fully saturated rings. The maximum Gasteiger partial charge on any atom is 0.505 e. The Labute approximate surface area is 85.3 Å². The SMILES string of the molecule is C=C(CSc1ccccc1)[B-](F)(F)F. The van der Waals surface area contributed by atoms with Crippen molar-refractivity contribution in [1.82, 2.24) is 0 Å². The van der Waals surface area contributed by atoms with Crippen LogP contribution < -0.4 is 0 Å². The molecule has 0 aliphatic heterocycles. The summed E-state index contributed by atoms with van der Waals surface area (Å²) in [5.41, 5.74) is -0.640. The molecule has 1 aromatic carbocycles. The van der Waals surface area contributed by atoms with E-state index in [0.29, 0.717) is 0 Å². The maximum atomic E-state index is 12.1. The molecule has 0 aliphatic rings. The molecule has 0 saturated carbocycles. The Kier molecular flexibility index (Phi) is 3.69. The van der Waals surface area contributed by atoms with Gasteiger partial charge in [-0.1, -0.05) is 18.2 Å². The minimum Gasteiger partial charge on any atom is -0.445 e. The summed E-state index contributed by atoms with van der Waals surface area (Å²) in [5.74, 6) is -0.0898. The third-order valence-corrected chi connectivity index (χ3v) is 2.75. The lowest BCUT2D eigenvalue weighted by atomic mass is 9.82. The lowest BCUT2D eigenvalue weighted by molar-refractivity contribution is 0.491. The molecule has 0 unspecified atom stereocenters. The highest BCUT2D eigenvalue weighted by Crippen LogP contribution is 2.26. The summed E-state index contributed by atoms with van der Waals surface area (Å²) in [6, 6.07) is 8.98. The van der Waals surface area contributed by atoms with Crippen LogP contribution in [-0.2, 0) is 0 Å². The van der Waals surface area contributed by atoms with Gasteiger partial charge in [0.15, 0.2) is 0 Å². The quantitative estimate of drug-likeness (QED) is 0.547. The molecule has 0 nitrogen and oxygen atoms in total. The Morgan fingerprint density at radius 3 is 2.29 bits per heavy atom. The van der Waals surface area contributed by atoms with E-state index in [-0.39, 0.29) is 5.75 Å². The van der Waals surface area contributed by atoms with Gasteiger partial charge in [0.1, 0.15) is 0 Å². The van der Waals surface area contributed by atoms with E-state index < -0.39 is 12.4 Å². The molecule has 0 saturated heterocycles. The lowest BCUT2D eigenvalue weighted by Crippen LogP contribution is -2.20. The van der Waals surface area contributed by atoms with Crippen LogP contribution in [0, 0.1) is 0 Å². The van der Waals surface area contributed by atoms with Crippen molar-refractivity contribution in [2.24, 2.45) is 0 Å². The first kappa shape index (κ1) is 11.2.